The standard InChI is InChI=1S/C19H12F2N2O3.C2H6O.C2H6/c20-19(21)13-4-10(8-22)3-11(5-13)16(24)6-12-7-17(25)15-9-23-2-1-14(15)18(12)26;1-3-2;1-2/h1-5,9,12,19H,6-7H2;1-2H3;1-2H3. The van der Waals surface area contributed by atoms with Gasteiger partial charge in [-0.15, -0.1) is 0 Å². The lowest BCUT2D eigenvalue weighted by Crippen LogP contribution is -2.29. The minimum atomic E-state index is -2.83. The third-order valence-electron chi connectivity index (χ3n) is 4.28. The Balaban J connectivity index is 0.000000884. The van der Waals surface area contributed by atoms with Crippen molar-refractivity contribution in [3.63, 3.8) is 0 Å². The number of fused-ring (bicyclic) bond motifs is 1. The highest BCUT2D eigenvalue weighted by atomic mass is 19.3. The van der Waals surface area contributed by atoms with Crippen molar-refractivity contribution in [1.82, 2.24) is 4.98 Å². The fraction of sp³-hybridized carbons (Fsp3) is 0.348. The zero-order valence-electron chi connectivity index (χ0n) is 17.8. The number of benzene rings is 1. The van der Waals surface area contributed by atoms with Gasteiger partial charge < -0.3 is 4.74 Å². The summed E-state index contributed by atoms with van der Waals surface area (Å²) in [6, 6.07) is 6.40. The molecular formula is C23H24F2N2O4. The molecular weight excluding hydrogens is 406 g/mol. The summed E-state index contributed by atoms with van der Waals surface area (Å²) < 4.78 is 30.1. The monoisotopic (exact) mass is 430 g/mol. The number of ketones is 3. The first-order valence-corrected chi connectivity index (χ1v) is 9.60. The molecule has 0 bridgehead atoms. The lowest BCUT2D eigenvalue weighted by Gasteiger charge is -2.21. The molecule has 0 radical (unpaired) electrons. The van der Waals surface area contributed by atoms with Gasteiger partial charge in [-0.3, -0.25) is 19.4 Å². The van der Waals surface area contributed by atoms with Crippen LogP contribution < -0.4 is 0 Å². The van der Waals surface area contributed by atoms with Crippen molar-refractivity contribution in [2.75, 3.05) is 14.2 Å². The van der Waals surface area contributed by atoms with Crippen LogP contribution in [0.1, 0.15) is 75.3 Å². The van der Waals surface area contributed by atoms with Gasteiger partial charge in [0.1, 0.15) is 0 Å². The second-order valence-corrected chi connectivity index (χ2v) is 6.40. The van der Waals surface area contributed by atoms with E-state index in [1.54, 1.807) is 20.3 Å². The van der Waals surface area contributed by atoms with Crippen LogP contribution in [0.25, 0.3) is 0 Å². The number of Topliss-reactive ketones (excluding diaryl/α,β-unsaturated/α-hetero) is 3. The molecule has 1 atom stereocenters. The van der Waals surface area contributed by atoms with E-state index in [0.29, 0.717) is 0 Å². The number of hydrogen-bond acceptors (Lipinski definition) is 6. The van der Waals surface area contributed by atoms with Crippen molar-refractivity contribution in [2.45, 2.75) is 33.1 Å². The van der Waals surface area contributed by atoms with Crippen LogP contribution >= 0.6 is 0 Å². The number of halogens is 2. The second-order valence-electron chi connectivity index (χ2n) is 6.40. The molecule has 0 amide bonds. The topological polar surface area (TPSA) is 97.1 Å². The van der Waals surface area contributed by atoms with E-state index in [1.165, 1.54) is 24.5 Å². The number of hydrogen-bond donors (Lipinski definition) is 0. The van der Waals surface area contributed by atoms with Crippen LogP contribution in [-0.2, 0) is 4.74 Å². The summed E-state index contributed by atoms with van der Waals surface area (Å²) in [5, 5.41) is 8.95. The van der Waals surface area contributed by atoms with Crippen molar-refractivity contribution in [3.05, 3.63) is 64.5 Å². The molecule has 0 saturated heterocycles. The summed E-state index contributed by atoms with van der Waals surface area (Å²) in [7, 11) is 3.25. The predicted molar refractivity (Wildman–Crippen MR) is 110 cm³/mol. The minimum Gasteiger partial charge on any atom is -0.388 e. The molecule has 1 aliphatic rings. The normalized spacial score (nSPS) is 14.5. The van der Waals surface area contributed by atoms with Crippen LogP contribution in [0.3, 0.4) is 0 Å². The Morgan fingerprint density at radius 2 is 1.87 bits per heavy atom. The molecule has 31 heavy (non-hydrogen) atoms. The third-order valence-corrected chi connectivity index (χ3v) is 4.28. The van der Waals surface area contributed by atoms with Gasteiger partial charge >= 0.3 is 0 Å². The summed E-state index contributed by atoms with van der Waals surface area (Å²) in [5.41, 5.74) is -0.121. The molecule has 1 heterocycles. The Morgan fingerprint density at radius 1 is 1.23 bits per heavy atom. The van der Waals surface area contributed by atoms with Gasteiger partial charge in [-0.2, -0.15) is 5.26 Å². The molecule has 164 valence electrons. The molecule has 0 N–H and O–H groups in total. The molecule has 0 aliphatic heterocycles. The van der Waals surface area contributed by atoms with Gasteiger partial charge in [0.05, 0.1) is 11.6 Å². The van der Waals surface area contributed by atoms with E-state index in [2.05, 4.69) is 9.72 Å². The van der Waals surface area contributed by atoms with Crippen molar-refractivity contribution in [2.24, 2.45) is 5.92 Å². The molecule has 8 heteroatoms. The second kappa shape index (κ2) is 12.4. The van der Waals surface area contributed by atoms with E-state index in [0.717, 1.165) is 12.1 Å². The maximum absolute atomic E-state index is 12.9. The summed E-state index contributed by atoms with van der Waals surface area (Å²) in [6.45, 7) is 4.00. The van der Waals surface area contributed by atoms with Crippen LogP contribution in [0.15, 0.2) is 36.7 Å². The predicted octanol–water partition coefficient (Wildman–Crippen LogP) is 4.84. The number of pyridine rings is 1. The van der Waals surface area contributed by atoms with Crippen molar-refractivity contribution in [1.29, 1.82) is 5.26 Å². The molecule has 0 fully saturated rings. The summed E-state index contributed by atoms with van der Waals surface area (Å²) in [5.74, 6) is -2.05. The molecule has 1 unspecified atom stereocenters. The lowest BCUT2D eigenvalue weighted by molar-refractivity contribution is 0.0784. The van der Waals surface area contributed by atoms with Crippen LogP contribution in [0, 0.1) is 17.2 Å². The Hall–Kier alpha value is -3.31. The number of rotatable bonds is 4. The molecule has 2 aromatic rings. The largest absolute Gasteiger partial charge is 0.388 e. The Labute approximate surface area is 179 Å². The molecule has 1 aromatic heterocycles. The first-order chi connectivity index (χ1) is 14.8. The minimum absolute atomic E-state index is 0.0615. The number of carbonyl (C=O) groups is 3. The summed E-state index contributed by atoms with van der Waals surface area (Å²) >= 11 is 0. The van der Waals surface area contributed by atoms with E-state index in [9.17, 15) is 23.2 Å². The SMILES string of the molecule is CC.COC.N#Cc1cc(C(=O)CC2CC(=O)c3cnccc3C2=O)cc(C(F)F)c1. The molecule has 0 spiro atoms. The van der Waals surface area contributed by atoms with E-state index >= 15 is 0 Å². The van der Waals surface area contributed by atoms with Gasteiger partial charge in [0.25, 0.3) is 6.43 Å². The number of carbonyl (C=O) groups excluding carboxylic acids is 3. The molecule has 6 nitrogen and oxygen atoms in total. The fourth-order valence-corrected chi connectivity index (χ4v) is 2.99. The van der Waals surface area contributed by atoms with Crippen LogP contribution in [0.5, 0.6) is 0 Å². The van der Waals surface area contributed by atoms with E-state index in [1.807, 2.05) is 13.8 Å². The highest BCUT2D eigenvalue weighted by molar-refractivity contribution is 6.16. The van der Waals surface area contributed by atoms with Crippen molar-refractivity contribution < 1.29 is 27.9 Å². The number of methoxy groups -OCH3 is 1. The van der Waals surface area contributed by atoms with Gasteiger partial charge in [0, 0.05) is 67.6 Å². The smallest absolute Gasteiger partial charge is 0.263 e. The number of alkyl halides is 2. The van der Waals surface area contributed by atoms with Gasteiger partial charge in [-0.25, -0.2) is 8.78 Å². The highest BCUT2D eigenvalue weighted by Gasteiger charge is 2.34. The van der Waals surface area contributed by atoms with E-state index < -0.39 is 23.7 Å². The fourth-order valence-electron chi connectivity index (χ4n) is 2.99. The summed E-state index contributed by atoms with van der Waals surface area (Å²) in [6.07, 6.45) is -0.544. The van der Waals surface area contributed by atoms with E-state index in [-0.39, 0.29) is 46.7 Å². The number of aromatic nitrogens is 1. The van der Waals surface area contributed by atoms with Crippen LogP contribution in [0.2, 0.25) is 0 Å². The maximum Gasteiger partial charge on any atom is 0.263 e. The summed E-state index contributed by atoms with van der Waals surface area (Å²) in [4.78, 5) is 41.0. The molecule has 0 saturated carbocycles. The third kappa shape index (κ3) is 6.59. The van der Waals surface area contributed by atoms with Gasteiger partial charge in [-0.1, -0.05) is 13.8 Å². The Kier molecular flexibility index (Phi) is 10.3. The molecule has 1 aliphatic carbocycles. The molecule has 3 rings (SSSR count). The van der Waals surface area contributed by atoms with E-state index in [4.69, 9.17) is 5.26 Å². The average Bonchev–Trinajstić information content (AvgIpc) is 2.78. The zero-order valence-corrected chi connectivity index (χ0v) is 17.8. The van der Waals surface area contributed by atoms with Gasteiger partial charge in [0.15, 0.2) is 17.3 Å². The quantitative estimate of drug-likeness (QED) is 0.644. The molecule has 1 aromatic carbocycles. The first-order valence-electron chi connectivity index (χ1n) is 9.60. The van der Waals surface area contributed by atoms with Crippen molar-refractivity contribution >= 4 is 17.3 Å². The van der Waals surface area contributed by atoms with Crippen LogP contribution in [-0.4, -0.2) is 36.6 Å². The first kappa shape index (κ1) is 25.7. The number of ether oxygens (including phenoxy) is 1. The maximum atomic E-state index is 12.9. The number of nitriles is 1. The van der Waals surface area contributed by atoms with Gasteiger partial charge in [-0.05, 0) is 24.3 Å². The van der Waals surface area contributed by atoms with Crippen molar-refractivity contribution in [3.8, 4) is 6.07 Å². The van der Waals surface area contributed by atoms with Gasteiger partial charge in [0.2, 0.25) is 0 Å². The Bertz CT molecular complexity index is 984. The average molecular weight is 430 g/mol. The lowest BCUT2D eigenvalue weighted by atomic mass is 9.79. The van der Waals surface area contributed by atoms with Crippen LogP contribution in [0.4, 0.5) is 8.78 Å². The number of nitrogens with zero attached hydrogens (tertiary/aromatic N) is 2. The Morgan fingerprint density at radius 3 is 2.45 bits per heavy atom. The highest BCUT2D eigenvalue weighted by Crippen LogP contribution is 2.29. The zero-order chi connectivity index (χ0) is 23.6.